The minimum Gasteiger partial charge on any atom is -0.478 e. The van der Waals surface area contributed by atoms with Crippen molar-refractivity contribution >= 4 is 17.8 Å². The minimum atomic E-state index is -1.12. The third kappa shape index (κ3) is 3.99. The van der Waals surface area contributed by atoms with Crippen LogP contribution in [-0.2, 0) is 9.53 Å². The predicted molar refractivity (Wildman–Crippen MR) is 89.4 cm³/mol. The van der Waals surface area contributed by atoms with E-state index < -0.39 is 5.97 Å². The molecule has 0 spiro atoms. The summed E-state index contributed by atoms with van der Waals surface area (Å²) in [6.07, 6.45) is 2.69. The Morgan fingerprint density at radius 3 is 2.36 bits per heavy atom. The molecule has 0 radical (unpaired) electrons. The molecule has 0 aliphatic carbocycles. The van der Waals surface area contributed by atoms with E-state index in [2.05, 4.69) is 5.32 Å². The number of carboxylic acids is 1. The van der Waals surface area contributed by atoms with E-state index in [1.807, 2.05) is 0 Å². The van der Waals surface area contributed by atoms with Gasteiger partial charge in [0.15, 0.2) is 0 Å². The molecule has 7 heteroatoms. The van der Waals surface area contributed by atoms with Crippen molar-refractivity contribution in [3.63, 3.8) is 0 Å². The van der Waals surface area contributed by atoms with Gasteiger partial charge in [-0.05, 0) is 37.8 Å². The number of aromatic carboxylic acids is 1. The van der Waals surface area contributed by atoms with Crippen molar-refractivity contribution in [3.8, 4) is 0 Å². The number of carboxylic acid groups (broad SMARTS) is 1. The van der Waals surface area contributed by atoms with Crippen LogP contribution in [0.3, 0.4) is 0 Å². The van der Waals surface area contributed by atoms with Crippen LogP contribution < -0.4 is 5.32 Å². The van der Waals surface area contributed by atoms with Crippen LogP contribution in [0.25, 0.3) is 0 Å². The van der Waals surface area contributed by atoms with Crippen LogP contribution in [0.4, 0.5) is 0 Å². The van der Waals surface area contributed by atoms with Crippen molar-refractivity contribution in [2.24, 2.45) is 0 Å². The molecule has 0 saturated carbocycles. The van der Waals surface area contributed by atoms with E-state index in [4.69, 9.17) is 4.74 Å². The number of carbonyl (C=O) groups excluding carboxylic acids is 2. The first-order valence-corrected chi connectivity index (χ1v) is 8.60. The van der Waals surface area contributed by atoms with Gasteiger partial charge in [-0.25, -0.2) is 4.79 Å². The van der Waals surface area contributed by atoms with Gasteiger partial charge >= 0.3 is 5.97 Å². The smallest absolute Gasteiger partial charge is 0.336 e. The molecule has 1 atom stereocenters. The second kappa shape index (κ2) is 7.65. The Bertz CT molecular complexity index is 661. The van der Waals surface area contributed by atoms with Crippen LogP contribution in [-0.4, -0.2) is 59.6 Å². The number of amides is 2. The van der Waals surface area contributed by atoms with Gasteiger partial charge in [-0.15, -0.1) is 0 Å². The Morgan fingerprint density at radius 1 is 1.08 bits per heavy atom. The number of piperidine rings is 1. The Kier molecular flexibility index (Phi) is 5.33. The Balaban J connectivity index is 1.54. The number of hydrogen-bond acceptors (Lipinski definition) is 4. The predicted octanol–water partition coefficient (Wildman–Crippen LogP) is 1.28. The number of nitrogens with one attached hydrogen (secondary N) is 1. The monoisotopic (exact) mass is 346 g/mol. The SMILES string of the molecule is O=C(O)c1ccccc1C(=O)NC1CCN(C(=O)C2CCCO2)CC1. The summed E-state index contributed by atoms with van der Waals surface area (Å²) in [5, 5.41) is 12.1. The van der Waals surface area contributed by atoms with Gasteiger partial charge in [-0.3, -0.25) is 9.59 Å². The lowest BCUT2D eigenvalue weighted by molar-refractivity contribution is -0.142. The highest BCUT2D eigenvalue weighted by Crippen LogP contribution is 2.19. The van der Waals surface area contributed by atoms with E-state index in [-0.39, 0.29) is 35.1 Å². The summed E-state index contributed by atoms with van der Waals surface area (Å²) in [5.74, 6) is -1.47. The fourth-order valence-corrected chi connectivity index (χ4v) is 3.35. The van der Waals surface area contributed by atoms with E-state index in [0.29, 0.717) is 32.5 Å². The van der Waals surface area contributed by atoms with Gasteiger partial charge in [0.1, 0.15) is 6.10 Å². The van der Waals surface area contributed by atoms with Crippen molar-refractivity contribution in [1.29, 1.82) is 0 Å². The number of hydrogen-bond donors (Lipinski definition) is 2. The number of carbonyl (C=O) groups is 3. The Morgan fingerprint density at radius 2 is 1.76 bits per heavy atom. The first kappa shape index (κ1) is 17.4. The fraction of sp³-hybridized carbons (Fsp3) is 0.500. The summed E-state index contributed by atoms with van der Waals surface area (Å²) in [7, 11) is 0. The van der Waals surface area contributed by atoms with E-state index >= 15 is 0 Å². The normalized spacial score (nSPS) is 21.1. The van der Waals surface area contributed by atoms with Crippen LogP contribution in [0.1, 0.15) is 46.4 Å². The van der Waals surface area contributed by atoms with Crippen LogP contribution in [0.5, 0.6) is 0 Å². The average Bonchev–Trinajstić information content (AvgIpc) is 3.16. The number of ether oxygens (including phenoxy) is 1. The van der Waals surface area contributed by atoms with Gasteiger partial charge < -0.3 is 20.1 Å². The molecule has 0 bridgehead atoms. The lowest BCUT2D eigenvalue weighted by Gasteiger charge is -2.33. The molecule has 7 nitrogen and oxygen atoms in total. The van der Waals surface area contributed by atoms with E-state index in [1.54, 1.807) is 17.0 Å². The van der Waals surface area contributed by atoms with E-state index in [9.17, 15) is 19.5 Å². The zero-order valence-electron chi connectivity index (χ0n) is 13.9. The maximum Gasteiger partial charge on any atom is 0.336 e. The second-order valence-electron chi connectivity index (χ2n) is 6.43. The van der Waals surface area contributed by atoms with Crippen molar-refractivity contribution < 1.29 is 24.2 Å². The average molecular weight is 346 g/mol. The van der Waals surface area contributed by atoms with Gasteiger partial charge in [0.05, 0.1) is 11.1 Å². The molecule has 2 fully saturated rings. The first-order chi connectivity index (χ1) is 12.1. The lowest BCUT2D eigenvalue weighted by atomic mass is 10.0. The lowest BCUT2D eigenvalue weighted by Crippen LogP contribution is -2.49. The maximum atomic E-state index is 12.4. The Hall–Kier alpha value is -2.41. The molecule has 2 N–H and O–H groups in total. The molecule has 2 amide bonds. The van der Waals surface area contributed by atoms with Crippen molar-refractivity contribution in [2.75, 3.05) is 19.7 Å². The molecule has 2 saturated heterocycles. The molecular formula is C18H22N2O5. The third-order valence-electron chi connectivity index (χ3n) is 4.75. The largest absolute Gasteiger partial charge is 0.478 e. The van der Waals surface area contributed by atoms with Crippen LogP contribution in [0, 0.1) is 0 Å². The quantitative estimate of drug-likeness (QED) is 0.856. The van der Waals surface area contributed by atoms with Crippen LogP contribution >= 0.6 is 0 Å². The molecule has 3 rings (SSSR count). The van der Waals surface area contributed by atoms with Crippen LogP contribution in [0.2, 0.25) is 0 Å². The van der Waals surface area contributed by atoms with Crippen molar-refractivity contribution in [1.82, 2.24) is 10.2 Å². The first-order valence-electron chi connectivity index (χ1n) is 8.60. The molecule has 2 heterocycles. The maximum absolute atomic E-state index is 12.4. The highest BCUT2D eigenvalue weighted by Gasteiger charge is 2.31. The molecule has 134 valence electrons. The third-order valence-corrected chi connectivity index (χ3v) is 4.75. The summed E-state index contributed by atoms with van der Waals surface area (Å²) in [6.45, 7) is 1.79. The molecule has 2 aliphatic rings. The standard InChI is InChI=1S/C18H22N2O5/c21-16(13-4-1-2-5-14(13)18(23)24)19-12-7-9-20(10-8-12)17(22)15-6-3-11-25-15/h1-2,4-5,12,15H,3,6-11H2,(H,19,21)(H,23,24). The summed E-state index contributed by atoms with van der Waals surface area (Å²) in [5.41, 5.74) is 0.152. The number of rotatable bonds is 4. The Labute approximate surface area is 146 Å². The van der Waals surface area contributed by atoms with Crippen molar-refractivity contribution in [3.05, 3.63) is 35.4 Å². The van der Waals surface area contributed by atoms with Gasteiger partial charge in [-0.1, -0.05) is 12.1 Å². The topological polar surface area (TPSA) is 95.9 Å². The summed E-state index contributed by atoms with van der Waals surface area (Å²) < 4.78 is 5.44. The highest BCUT2D eigenvalue weighted by molar-refractivity contribution is 6.04. The molecule has 1 unspecified atom stereocenters. The number of likely N-dealkylation sites (tertiary alicyclic amines) is 1. The van der Waals surface area contributed by atoms with Gasteiger partial charge in [0.25, 0.3) is 11.8 Å². The van der Waals surface area contributed by atoms with Crippen LogP contribution in [0.15, 0.2) is 24.3 Å². The second-order valence-corrected chi connectivity index (χ2v) is 6.43. The molecule has 1 aromatic carbocycles. The van der Waals surface area contributed by atoms with Gasteiger partial charge in [0.2, 0.25) is 0 Å². The summed E-state index contributed by atoms with van der Waals surface area (Å²) >= 11 is 0. The van der Waals surface area contributed by atoms with E-state index in [1.165, 1.54) is 12.1 Å². The zero-order valence-corrected chi connectivity index (χ0v) is 13.9. The molecule has 2 aliphatic heterocycles. The van der Waals surface area contributed by atoms with Gasteiger partial charge in [-0.2, -0.15) is 0 Å². The fourth-order valence-electron chi connectivity index (χ4n) is 3.35. The van der Waals surface area contributed by atoms with E-state index in [0.717, 1.165) is 12.8 Å². The summed E-state index contributed by atoms with van der Waals surface area (Å²) in [6, 6.07) is 6.09. The highest BCUT2D eigenvalue weighted by atomic mass is 16.5. The summed E-state index contributed by atoms with van der Waals surface area (Å²) in [4.78, 5) is 37.7. The molecular weight excluding hydrogens is 324 g/mol. The molecule has 25 heavy (non-hydrogen) atoms. The minimum absolute atomic E-state index is 0.00834. The zero-order chi connectivity index (χ0) is 17.8. The van der Waals surface area contributed by atoms with Crippen molar-refractivity contribution in [2.45, 2.75) is 37.8 Å². The number of benzene rings is 1. The number of nitrogens with zero attached hydrogens (tertiary/aromatic N) is 1. The van der Waals surface area contributed by atoms with Gasteiger partial charge in [0, 0.05) is 25.7 Å². The molecule has 0 aromatic heterocycles. The molecule has 1 aromatic rings.